The van der Waals surface area contributed by atoms with Gasteiger partial charge >= 0.3 is 18.0 Å². The molecule has 2 aromatic heterocycles. The summed E-state index contributed by atoms with van der Waals surface area (Å²) in [7, 11) is 1.70. The van der Waals surface area contributed by atoms with Gasteiger partial charge in [-0.25, -0.2) is 10.2 Å². The second-order valence-corrected chi connectivity index (χ2v) is 19.9. The maximum absolute atomic E-state index is 14.1. The van der Waals surface area contributed by atoms with Crippen molar-refractivity contribution in [2.24, 2.45) is 5.41 Å². The second kappa shape index (κ2) is 20.8. The van der Waals surface area contributed by atoms with E-state index >= 15 is 0 Å². The standard InChI is InChI=1S/C51H69N7O9/c1-10-57-44-17-16-36(35-14-11-13-34(23-35)24-43(53-49(63)67-50(4,5)6)47(60)58-18-12-15-42(54-58)48(61)62)25-39(44)41(27-51(7,8)31-66-33(3)59)46(57)40-26-37(28-52-45(40)32(2)64-9)56-20-19-55-21-22-65-30-38(55)29-56/h11,13-14,16-17,23,25-26,28,32,38,42-43,54H,10,12,15,18-22,24,27,29-31H2,1-9H3,(H,53,63)(H,61,62)/t32-,38?,42?,43?/m0/s1. The van der Waals surface area contributed by atoms with Crippen LogP contribution >= 0.6 is 0 Å². The number of hydrogen-bond acceptors (Lipinski definition) is 12. The molecule has 7 rings (SSSR count). The van der Waals surface area contributed by atoms with E-state index in [9.17, 15) is 24.3 Å². The fourth-order valence-corrected chi connectivity index (χ4v) is 9.56. The van der Waals surface area contributed by atoms with Crippen molar-refractivity contribution in [3.63, 3.8) is 0 Å². The van der Waals surface area contributed by atoms with Gasteiger partial charge < -0.3 is 38.8 Å². The number of amides is 2. The molecule has 0 bridgehead atoms. The number of anilines is 1. The van der Waals surface area contributed by atoms with Crippen LogP contribution in [0.15, 0.2) is 54.7 Å². The molecule has 3 fully saturated rings. The number of nitrogens with one attached hydrogen (secondary N) is 2. The highest BCUT2D eigenvalue weighted by atomic mass is 16.6. The average molecular weight is 924 g/mol. The van der Waals surface area contributed by atoms with Crippen LogP contribution in [0.3, 0.4) is 0 Å². The van der Waals surface area contributed by atoms with E-state index in [0.717, 1.165) is 88.6 Å². The molecule has 3 N–H and O–H groups in total. The summed E-state index contributed by atoms with van der Waals surface area (Å²) in [5.41, 5.74) is 10.3. The first-order valence-corrected chi connectivity index (χ1v) is 23.6. The first kappa shape index (κ1) is 49.4. The summed E-state index contributed by atoms with van der Waals surface area (Å²) < 4.78 is 25.4. The number of morpholine rings is 1. The Bertz CT molecular complexity index is 2440. The maximum Gasteiger partial charge on any atom is 0.408 e. The summed E-state index contributed by atoms with van der Waals surface area (Å²) >= 11 is 0. The van der Waals surface area contributed by atoms with Gasteiger partial charge in [-0.2, -0.15) is 0 Å². The third-order valence-electron chi connectivity index (χ3n) is 12.9. The van der Waals surface area contributed by atoms with Gasteiger partial charge in [-0.15, -0.1) is 0 Å². The number of carbonyl (C=O) groups excluding carboxylic acids is 3. The van der Waals surface area contributed by atoms with E-state index in [2.05, 4.69) is 70.1 Å². The molecule has 5 heterocycles. The molecule has 67 heavy (non-hydrogen) atoms. The number of benzene rings is 2. The van der Waals surface area contributed by atoms with E-state index in [4.69, 9.17) is 23.9 Å². The first-order valence-electron chi connectivity index (χ1n) is 23.6. The van der Waals surface area contributed by atoms with E-state index in [0.29, 0.717) is 45.0 Å². The molecule has 0 spiro atoms. The first-order chi connectivity index (χ1) is 31.8. The number of esters is 1. The van der Waals surface area contributed by atoms with E-state index < -0.39 is 41.1 Å². The number of pyridine rings is 1. The van der Waals surface area contributed by atoms with Gasteiger partial charge in [-0.1, -0.05) is 44.2 Å². The van der Waals surface area contributed by atoms with Gasteiger partial charge in [0.15, 0.2) is 0 Å². The number of carbonyl (C=O) groups is 4. The molecule has 4 atom stereocenters. The number of alkyl carbamates (subject to hydrolysis) is 1. The number of carboxylic acid groups (broad SMARTS) is 1. The van der Waals surface area contributed by atoms with Gasteiger partial charge in [0.05, 0.1) is 55.2 Å². The Morgan fingerprint density at radius 1 is 1.01 bits per heavy atom. The fraction of sp³-hybridized carbons (Fsp3) is 0.549. The molecule has 362 valence electrons. The van der Waals surface area contributed by atoms with E-state index in [-0.39, 0.29) is 25.1 Å². The average Bonchev–Trinajstić information content (AvgIpc) is 3.60. The zero-order chi connectivity index (χ0) is 48.2. The van der Waals surface area contributed by atoms with Crippen molar-refractivity contribution in [1.29, 1.82) is 0 Å². The summed E-state index contributed by atoms with van der Waals surface area (Å²) in [6, 6.07) is 15.0. The molecule has 2 aromatic carbocycles. The Balaban J connectivity index is 1.31. The molecule has 4 aromatic rings. The minimum Gasteiger partial charge on any atom is -0.480 e. The Morgan fingerprint density at radius 2 is 1.79 bits per heavy atom. The molecule has 0 saturated carbocycles. The lowest BCUT2D eigenvalue weighted by atomic mass is 9.84. The lowest BCUT2D eigenvalue weighted by molar-refractivity contribution is -0.148. The van der Waals surface area contributed by atoms with Crippen molar-refractivity contribution in [2.45, 2.75) is 117 Å². The number of carboxylic acids is 1. The number of hydrogen-bond donors (Lipinski definition) is 3. The van der Waals surface area contributed by atoms with Crippen molar-refractivity contribution in [2.75, 3.05) is 64.6 Å². The largest absolute Gasteiger partial charge is 0.480 e. The van der Waals surface area contributed by atoms with Crippen LogP contribution in [0.2, 0.25) is 0 Å². The highest BCUT2D eigenvalue weighted by Gasteiger charge is 2.35. The minimum atomic E-state index is -1.05. The predicted octanol–water partition coefficient (Wildman–Crippen LogP) is 6.77. The Kier molecular flexibility index (Phi) is 15.3. The zero-order valence-corrected chi connectivity index (χ0v) is 40.6. The second-order valence-electron chi connectivity index (χ2n) is 19.9. The van der Waals surface area contributed by atoms with Gasteiger partial charge in [-0.05, 0) is 94.3 Å². The highest BCUT2D eigenvalue weighted by molar-refractivity contribution is 5.96. The van der Waals surface area contributed by atoms with Gasteiger partial charge in [0.1, 0.15) is 17.7 Å². The quantitative estimate of drug-likeness (QED) is 0.107. The van der Waals surface area contributed by atoms with Gasteiger partial charge in [-0.3, -0.25) is 29.3 Å². The van der Waals surface area contributed by atoms with Crippen LogP contribution in [-0.2, 0) is 52.7 Å². The number of nitrogens with zero attached hydrogens (tertiary/aromatic N) is 5. The van der Waals surface area contributed by atoms with Crippen LogP contribution in [-0.4, -0.2) is 132 Å². The van der Waals surface area contributed by atoms with E-state index in [1.807, 2.05) is 37.4 Å². The number of aliphatic carboxylic acids is 1. The summed E-state index contributed by atoms with van der Waals surface area (Å²) in [4.78, 5) is 61.3. The predicted molar refractivity (Wildman–Crippen MR) is 257 cm³/mol. The lowest BCUT2D eigenvalue weighted by Crippen LogP contribution is -2.60. The van der Waals surface area contributed by atoms with Gasteiger partial charge in [0.2, 0.25) is 0 Å². The van der Waals surface area contributed by atoms with Crippen LogP contribution in [0.5, 0.6) is 0 Å². The number of fused-ring (bicyclic) bond motifs is 2. The molecule has 2 amide bonds. The summed E-state index contributed by atoms with van der Waals surface area (Å²) in [5.74, 6) is -1.83. The molecule has 3 aliphatic rings. The number of methoxy groups -OCH3 is 1. The molecular formula is C51H69N7O9. The van der Waals surface area contributed by atoms with Crippen molar-refractivity contribution in [3.8, 4) is 22.4 Å². The number of rotatable bonds is 15. The summed E-state index contributed by atoms with van der Waals surface area (Å²) in [6.45, 7) is 21.4. The van der Waals surface area contributed by atoms with Crippen LogP contribution in [0.1, 0.15) is 91.2 Å². The highest BCUT2D eigenvalue weighted by Crippen LogP contribution is 2.43. The van der Waals surface area contributed by atoms with Crippen molar-refractivity contribution in [1.82, 2.24) is 30.2 Å². The molecule has 0 aliphatic carbocycles. The van der Waals surface area contributed by atoms with Crippen LogP contribution in [0.25, 0.3) is 33.3 Å². The SMILES string of the molecule is CCn1c(-c2cc(N3CCN4CCOCC4C3)cnc2[C@H](C)OC)c(CC(C)(C)COC(C)=O)c2cc(-c3cccc(CC(NC(=O)OC(C)(C)C)C(=O)N4CCCC(C(=O)O)N4)c3)ccc21. The number of ether oxygens (including phenoxy) is 4. The molecule has 16 nitrogen and oxygen atoms in total. The minimum absolute atomic E-state index is 0.128. The van der Waals surface area contributed by atoms with Crippen LogP contribution in [0.4, 0.5) is 10.5 Å². The van der Waals surface area contributed by atoms with Crippen molar-refractivity contribution < 1.29 is 43.2 Å². The van der Waals surface area contributed by atoms with E-state index in [1.165, 1.54) is 11.9 Å². The monoisotopic (exact) mass is 924 g/mol. The molecule has 0 radical (unpaired) electrons. The van der Waals surface area contributed by atoms with Crippen molar-refractivity contribution >= 4 is 40.5 Å². The smallest absolute Gasteiger partial charge is 0.408 e. The third kappa shape index (κ3) is 11.8. The molecule has 3 unspecified atom stereocenters. The fourth-order valence-electron chi connectivity index (χ4n) is 9.56. The normalized spacial score (nSPS) is 19.1. The van der Waals surface area contributed by atoms with Gasteiger partial charge in [0.25, 0.3) is 5.91 Å². The topological polar surface area (TPSA) is 177 Å². The summed E-state index contributed by atoms with van der Waals surface area (Å²) in [6.07, 6.45) is 2.51. The summed E-state index contributed by atoms with van der Waals surface area (Å²) in [5, 5.41) is 14.8. The van der Waals surface area contributed by atoms with E-state index in [1.54, 1.807) is 27.9 Å². The molecule has 3 aliphatic heterocycles. The number of piperazine rings is 1. The Morgan fingerprint density at radius 3 is 2.51 bits per heavy atom. The van der Waals surface area contributed by atoms with Gasteiger partial charge in [0, 0.05) is 81.6 Å². The molecule has 3 saturated heterocycles. The number of aryl methyl sites for hydroxylation is 1. The Hall–Kier alpha value is -5.55. The zero-order valence-electron chi connectivity index (χ0n) is 40.6. The maximum atomic E-state index is 14.1. The molecule has 16 heteroatoms. The number of aromatic nitrogens is 2. The van der Waals surface area contributed by atoms with Crippen molar-refractivity contribution in [3.05, 3.63) is 71.5 Å². The third-order valence-corrected chi connectivity index (χ3v) is 12.9. The lowest BCUT2D eigenvalue weighted by Gasteiger charge is -2.44. The number of hydrazine groups is 1. The van der Waals surface area contributed by atoms with Crippen LogP contribution in [0, 0.1) is 5.41 Å². The van der Waals surface area contributed by atoms with Crippen LogP contribution < -0.4 is 15.6 Å². The molecular weight excluding hydrogens is 855 g/mol. The Labute approximate surface area is 394 Å².